The number of hydrogen-bond acceptors (Lipinski definition) is 6. The molecule has 0 aliphatic carbocycles. The van der Waals surface area contributed by atoms with E-state index in [9.17, 15) is 4.79 Å². The van der Waals surface area contributed by atoms with Gasteiger partial charge in [0.15, 0.2) is 11.5 Å². The molecule has 8 nitrogen and oxygen atoms in total. The molecule has 0 radical (unpaired) electrons. The van der Waals surface area contributed by atoms with Crippen molar-refractivity contribution in [3.8, 4) is 28.7 Å². The summed E-state index contributed by atoms with van der Waals surface area (Å²) in [6, 6.07) is 11.1. The van der Waals surface area contributed by atoms with E-state index in [1.807, 2.05) is 41.0 Å². The molecular formula is C22H23N3O5. The zero-order valence-corrected chi connectivity index (χ0v) is 17.3. The molecule has 0 unspecified atom stereocenters. The van der Waals surface area contributed by atoms with Crippen LogP contribution in [0.3, 0.4) is 0 Å². The fourth-order valence-electron chi connectivity index (χ4n) is 3.72. The lowest BCUT2D eigenvalue weighted by molar-refractivity contribution is -0.116. The van der Waals surface area contributed by atoms with Gasteiger partial charge in [0, 0.05) is 18.4 Å². The number of amides is 1. The van der Waals surface area contributed by atoms with Crippen LogP contribution in [0.4, 0.5) is 5.82 Å². The molecule has 0 spiro atoms. The van der Waals surface area contributed by atoms with Crippen molar-refractivity contribution >= 4 is 11.7 Å². The molecule has 2 heterocycles. The average Bonchev–Trinajstić information content (AvgIpc) is 3.21. The first-order valence-corrected chi connectivity index (χ1v) is 9.41. The number of benzene rings is 2. The van der Waals surface area contributed by atoms with Gasteiger partial charge in [0.25, 0.3) is 0 Å². The van der Waals surface area contributed by atoms with E-state index in [4.69, 9.17) is 18.9 Å². The molecular weight excluding hydrogens is 386 g/mol. The van der Waals surface area contributed by atoms with E-state index >= 15 is 0 Å². The van der Waals surface area contributed by atoms with Crippen LogP contribution in [-0.2, 0) is 4.79 Å². The maximum absolute atomic E-state index is 12.6. The van der Waals surface area contributed by atoms with Crippen molar-refractivity contribution in [2.24, 2.45) is 0 Å². The van der Waals surface area contributed by atoms with Gasteiger partial charge >= 0.3 is 0 Å². The molecule has 0 saturated carbocycles. The Balaban J connectivity index is 1.82. The first-order valence-electron chi connectivity index (χ1n) is 9.41. The normalized spacial score (nSPS) is 15.2. The van der Waals surface area contributed by atoms with Gasteiger partial charge in [-0.3, -0.25) is 9.36 Å². The van der Waals surface area contributed by atoms with Crippen LogP contribution in [0.1, 0.15) is 23.6 Å². The Morgan fingerprint density at radius 3 is 2.37 bits per heavy atom. The maximum Gasteiger partial charge on any atom is 0.226 e. The Kier molecular flexibility index (Phi) is 5.22. The molecule has 1 amide bonds. The highest BCUT2D eigenvalue weighted by molar-refractivity contribution is 5.94. The quantitative estimate of drug-likeness (QED) is 0.672. The maximum atomic E-state index is 12.6. The number of nitrogens with zero attached hydrogens (tertiary/aromatic N) is 2. The van der Waals surface area contributed by atoms with Crippen LogP contribution in [0, 0.1) is 0 Å². The van der Waals surface area contributed by atoms with E-state index < -0.39 is 0 Å². The Bertz CT molecular complexity index is 1090. The van der Waals surface area contributed by atoms with E-state index in [-0.39, 0.29) is 18.2 Å². The number of nitrogens with one attached hydrogen (secondary N) is 1. The first kappa shape index (κ1) is 19.6. The zero-order valence-electron chi connectivity index (χ0n) is 17.3. The lowest BCUT2D eigenvalue weighted by atomic mass is 9.89. The number of rotatable bonds is 6. The van der Waals surface area contributed by atoms with Crippen LogP contribution in [0.15, 0.2) is 42.7 Å². The molecule has 30 heavy (non-hydrogen) atoms. The summed E-state index contributed by atoms with van der Waals surface area (Å²) in [5.41, 5.74) is 2.41. The van der Waals surface area contributed by atoms with Crippen LogP contribution in [0.5, 0.6) is 23.0 Å². The summed E-state index contributed by atoms with van der Waals surface area (Å²) in [5.74, 6) is 2.85. The summed E-state index contributed by atoms with van der Waals surface area (Å²) >= 11 is 0. The van der Waals surface area contributed by atoms with Gasteiger partial charge < -0.3 is 24.3 Å². The summed E-state index contributed by atoms with van der Waals surface area (Å²) < 4.78 is 23.4. The number of anilines is 1. The molecule has 0 fully saturated rings. The fraction of sp³-hybridized carbons (Fsp3) is 0.273. The van der Waals surface area contributed by atoms with Gasteiger partial charge in [0.1, 0.15) is 23.6 Å². The smallest absolute Gasteiger partial charge is 0.226 e. The lowest BCUT2D eigenvalue weighted by Gasteiger charge is -2.24. The predicted molar refractivity (Wildman–Crippen MR) is 111 cm³/mol. The van der Waals surface area contributed by atoms with Crippen molar-refractivity contribution < 1.29 is 23.7 Å². The number of hydrogen-bond donors (Lipinski definition) is 1. The van der Waals surface area contributed by atoms with Gasteiger partial charge in [-0.2, -0.15) is 0 Å². The number of methoxy groups -OCH3 is 4. The van der Waals surface area contributed by atoms with Gasteiger partial charge in [-0.25, -0.2) is 4.98 Å². The minimum Gasteiger partial charge on any atom is -0.497 e. The van der Waals surface area contributed by atoms with Crippen molar-refractivity contribution in [2.75, 3.05) is 33.8 Å². The highest BCUT2D eigenvalue weighted by Crippen LogP contribution is 2.41. The van der Waals surface area contributed by atoms with Crippen molar-refractivity contribution in [1.29, 1.82) is 0 Å². The van der Waals surface area contributed by atoms with Crippen LogP contribution in [-0.4, -0.2) is 43.9 Å². The summed E-state index contributed by atoms with van der Waals surface area (Å²) in [6.45, 7) is 0. The van der Waals surface area contributed by atoms with Crippen molar-refractivity contribution in [1.82, 2.24) is 9.55 Å². The number of aromatic nitrogens is 2. The topological polar surface area (TPSA) is 83.8 Å². The van der Waals surface area contributed by atoms with Crippen molar-refractivity contribution in [2.45, 2.75) is 12.3 Å². The molecule has 8 heteroatoms. The number of ether oxygens (including phenoxy) is 4. The molecule has 1 atom stereocenters. The Hall–Kier alpha value is -3.68. The standard InChI is InChI=1S/C22H23N3O5/c1-27-14-6-8-17(28-2)16(10-14)25-12-23-21-15(11-20(26)24-22(21)25)13-5-7-18(29-3)19(9-13)30-4/h5-10,12,15H,11H2,1-4H3,(H,24,26)/t15-/m1/s1. The van der Waals surface area contributed by atoms with Gasteiger partial charge in [-0.05, 0) is 29.8 Å². The van der Waals surface area contributed by atoms with Gasteiger partial charge in [-0.15, -0.1) is 0 Å². The van der Waals surface area contributed by atoms with Gasteiger partial charge in [0.05, 0.1) is 39.8 Å². The van der Waals surface area contributed by atoms with Crippen LogP contribution in [0.25, 0.3) is 5.69 Å². The number of carbonyl (C=O) groups is 1. The summed E-state index contributed by atoms with van der Waals surface area (Å²) in [7, 11) is 6.38. The Morgan fingerprint density at radius 1 is 0.933 bits per heavy atom. The SMILES string of the molecule is COc1ccc(OC)c(-n2cnc3c2NC(=O)C[C@@H]3c2ccc(OC)c(OC)c2)c1. The monoisotopic (exact) mass is 409 g/mol. The second-order valence-corrected chi connectivity index (χ2v) is 6.81. The molecule has 0 saturated heterocycles. The van der Waals surface area contributed by atoms with Crippen molar-refractivity contribution in [3.05, 3.63) is 54.0 Å². The van der Waals surface area contributed by atoms with Gasteiger partial charge in [-0.1, -0.05) is 6.07 Å². The molecule has 4 rings (SSSR count). The Morgan fingerprint density at radius 2 is 1.67 bits per heavy atom. The second kappa shape index (κ2) is 7.98. The van der Waals surface area contributed by atoms with Crippen LogP contribution >= 0.6 is 0 Å². The van der Waals surface area contributed by atoms with Crippen LogP contribution in [0.2, 0.25) is 0 Å². The number of fused-ring (bicyclic) bond motifs is 1. The number of carbonyl (C=O) groups excluding carboxylic acids is 1. The summed E-state index contributed by atoms with van der Waals surface area (Å²) in [4.78, 5) is 17.2. The minimum absolute atomic E-state index is 0.0918. The molecule has 3 aromatic rings. The minimum atomic E-state index is -0.216. The van der Waals surface area contributed by atoms with E-state index in [0.717, 1.165) is 16.9 Å². The third kappa shape index (κ3) is 3.30. The molecule has 1 aromatic heterocycles. The molecule has 156 valence electrons. The zero-order chi connectivity index (χ0) is 21.3. The highest BCUT2D eigenvalue weighted by atomic mass is 16.5. The van der Waals surface area contributed by atoms with Crippen molar-refractivity contribution in [3.63, 3.8) is 0 Å². The molecule has 2 aromatic carbocycles. The molecule has 1 aliphatic heterocycles. The third-order valence-corrected chi connectivity index (χ3v) is 5.23. The predicted octanol–water partition coefficient (Wildman–Crippen LogP) is 3.38. The van der Waals surface area contributed by atoms with Crippen LogP contribution < -0.4 is 24.3 Å². The first-order chi connectivity index (χ1) is 14.6. The van der Waals surface area contributed by atoms with E-state index in [1.165, 1.54) is 0 Å². The van der Waals surface area contributed by atoms with E-state index in [0.29, 0.717) is 28.8 Å². The molecule has 1 aliphatic rings. The second-order valence-electron chi connectivity index (χ2n) is 6.81. The summed E-state index contributed by atoms with van der Waals surface area (Å²) in [6.07, 6.45) is 1.97. The molecule has 0 bridgehead atoms. The van der Waals surface area contributed by atoms with Gasteiger partial charge in [0.2, 0.25) is 5.91 Å². The lowest BCUT2D eigenvalue weighted by Crippen LogP contribution is -2.25. The Labute approximate surface area is 174 Å². The number of imidazole rings is 1. The van der Waals surface area contributed by atoms with E-state index in [2.05, 4.69) is 10.3 Å². The molecule has 1 N–H and O–H groups in total. The van der Waals surface area contributed by atoms with E-state index in [1.54, 1.807) is 34.8 Å². The summed E-state index contributed by atoms with van der Waals surface area (Å²) in [5, 5.41) is 2.96. The fourth-order valence-corrected chi connectivity index (χ4v) is 3.72. The largest absolute Gasteiger partial charge is 0.497 e. The third-order valence-electron chi connectivity index (χ3n) is 5.23. The average molecular weight is 409 g/mol. The highest BCUT2D eigenvalue weighted by Gasteiger charge is 2.32.